The summed E-state index contributed by atoms with van der Waals surface area (Å²) in [7, 11) is 1.59. The summed E-state index contributed by atoms with van der Waals surface area (Å²) in [5.41, 5.74) is 6.57. The SMILES string of the molecule is COc1cccc(Sc2ncccc2Cl)c1N. The number of methoxy groups -OCH3 is 1. The molecule has 17 heavy (non-hydrogen) atoms. The van der Waals surface area contributed by atoms with Gasteiger partial charge in [0.05, 0.1) is 17.8 Å². The van der Waals surface area contributed by atoms with Gasteiger partial charge in [-0.15, -0.1) is 0 Å². The number of pyridine rings is 1. The first-order valence-corrected chi connectivity index (χ1v) is 6.12. The third kappa shape index (κ3) is 2.65. The lowest BCUT2D eigenvalue weighted by Gasteiger charge is -2.09. The molecule has 3 nitrogen and oxygen atoms in total. The Labute approximate surface area is 109 Å². The van der Waals surface area contributed by atoms with Crippen molar-refractivity contribution in [3.05, 3.63) is 41.6 Å². The Bertz CT molecular complexity index is 534. The van der Waals surface area contributed by atoms with Crippen LogP contribution in [0.5, 0.6) is 5.75 Å². The van der Waals surface area contributed by atoms with E-state index in [9.17, 15) is 0 Å². The second-order valence-electron chi connectivity index (χ2n) is 3.26. The van der Waals surface area contributed by atoms with Gasteiger partial charge < -0.3 is 10.5 Å². The highest BCUT2D eigenvalue weighted by atomic mass is 35.5. The molecule has 0 fully saturated rings. The Morgan fingerprint density at radius 1 is 1.29 bits per heavy atom. The Morgan fingerprint density at radius 3 is 2.82 bits per heavy atom. The number of benzene rings is 1. The lowest BCUT2D eigenvalue weighted by molar-refractivity contribution is 0.416. The van der Waals surface area contributed by atoms with Crippen LogP contribution in [0.2, 0.25) is 5.02 Å². The zero-order valence-corrected chi connectivity index (χ0v) is 10.8. The molecule has 0 saturated heterocycles. The molecule has 0 aliphatic carbocycles. The highest BCUT2D eigenvalue weighted by Gasteiger charge is 2.09. The van der Waals surface area contributed by atoms with Crippen molar-refractivity contribution in [2.75, 3.05) is 12.8 Å². The topological polar surface area (TPSA) is 48.1 Å². The molecule has 0 unspecified atom stereocenters. The fraction of sp³-hybridized carbons (Fsp3) is 0.0833. The third-order valence-corrected chi connectivity index (χ3v) is 3.69. The highest BCUT2D eigenvalue weighted by molar-refractivity contribution is 7.99. The van der Waals surface area contributed by atoms with Crippen molar-refractivity contribution in [1.29, 1.82) is 0 Å². The minimum absolute atomic E-state index is 0.599. The normalized spacial score (nSPS) is 10.2. The molecule has 88 valence electrons. The first-order chi connectivity index (χ1) is 8.22. The van der Waals surface area contributed by atoms with Crippen molar-refractivity contribution >= 4 is 29.1 Å². The first-order valence-electron chi connectivity index (χ1n) is 4.93. The standard InChI is InChI=1S/C12H11ClN2OS/c1-16-9-5-2-6-10(11(9)14)17-12-8(13)4-3-7-15-12/h2-7H,14H2,1H3. The zero-order valence-electron chi connectivity index (χ0n) is 9.18. The van der Waals surface area contributed by atoms with E-state index in [-0.39, 0.29) is 0 Å². The molecule has 2 aromatic rings. The van der Waals surface area contributed by atoms with Gasteiger partial charge in [0.15, 0.2) is 0 Å². The predicted molar refractivity (Wildman–Crippen MR) is 70.8 cm³/mol. The summed E-state index contributed by atoms with van der Waals surface area (Å²) < 4.78 is 5.16. The van der Waals surface area contributed by atoms with Crippen LogP contribution >= 0.6 is 23.4 Å². The predicted octanol–water partition coefficient (Wildman–Crippen LogP) is 3.48. The number of para-hydroxylation sites is 1. The first kappa shape index (κ1) is 12.1. The molecule has 1 aromatic carbocycles. The van der Waals surface area contributed by atoms with Crippen molar-refractivity contribution in [2.45, 2.75) is 9.92 Å². The van der Waals surface area contributed by atoms with E-state index in [1.54, 1.807) is 25.4 Å². The van der Waals surface area contributed by atoms with Crippen molar-refractivity contribution in [3.8, 4) is 5.75 Å². The maximum atomic E-state index is 6.04. The van der Waals surface area contributed by atoms with Crippen molar-refractivity contribution < 1.29 is 4.74 Å². The summed E-state index contributed by atoms with van der Waals surface area (Å²) in [5.74, 6) is 0.655. The molecule has 2 N–H and O–H groups in total. The molecule has 2 rings (SSSR count). The number of nitrogens with two attached hydrogens (primary N) is 1. The Hall–Kier alpha value is -1.39. The van der Waals surface area contributed by atoms with Crippen LogP contribution in [0, 0.1) is 0 Å². The Morgan fingerprint density at radius 2 is 2.12 bits per heavy atom. The summed E-state index contributed by atoms with van der Waals surface area (Å²) in [6.45, 7) is 0. The quantitative estimate of drug-likeness (QED) is 0.864. The van der Waals surface area contributed by atoms with Crippen LogP contribution < -0.4 is 10.5 Å². The molecule has 0 atom stereocenters. The number of nitrogen functional groups attached to an aromatic ring is 1. The number of nitrogens with zero attached hydrogens (tertiary/aromatic N) is 1. The van der Waals surface area contributed by atoms with Gasteiger partial charge >= 0.3 is 0 Å². The van der Waals surface area contributed by atoms with Gasteiger partial charge in [0, 0.05) is 11.1 Å². The number of hydrogen-bond acceptors (Lipinski definition) is 4. The molecular formula is C12H11ClN2OS. The van der Waals surface area contributed by atoms with E-state index in [1.807, 2.05) is 18.2 Å². The van der Waals surface area contributed by atoms with Gasteiger partial charge in [-0.2, -0.15) is 0 Å². The van der Waals surface area contributed by atoms with Crippen molar-refractivity contribution in [2.24, 2.45) is 0 Å². The zero-order chi connectivity index (χ0) is 12.3. The monoisotopic (exact) mass is 266 g/mol. The number of rotatable bonds is 3. The van der Waals surface area contributed by atoms with Gasteiger partial charge in [-0.1, -0.05) is 29.4 Å². The molecule has 0 radical (unpaired) electrons. The molecule has 5 heteroatoms. The molecule has 0 amide bonds. The van der Waals surface area contributed by atoms with Crippen LogP contribution in [0.4, 0.5) is 5.69 Å². The largest absolute Gasteiger partial charge is 0.495 e. The second-order valence-corrected chi connectivity index (χ2v) is 4.70. The Kier molecular flexibility index (Phi) is 3.76. The van der Waals surface area contributed by atoms with Gasteiger partial charge in [-0.25, -0.2) is 4.98 Å². The number of halogens is 1. The van der Waals surface area contributed by atoms with Crippen LogP contribution in [-0.4, -0.2) is 12.1 Å². The van der Waals surface area contributed by atoms with Crippen LogP contribution in [0.1, 0.15) is 0 Å². The summed E-state index contributed by atoms with van der Waals surface area (Å²) in [5, 5.41) is 1.34. The minimum atomic E-state index is 0.599. The van der Waals surface area contributed by atoms with Crippen LogP contribution in [0.3, 0.4) is 0 Å². The summed E-state index contributed by atoms with van der Waals surface area (Å²) in [4.78, 5) is 5.08. The molecular weight excluding hydrogens is 256 g/mol. The maximum Gasteiger partial charge on any atom is 0.142 e. The molecule has 0 bridgehead atoms. The third-order valence-electron chi connectivity index (χ3n) is 2.18. The van der Waals surface area contributed by atoms with Gasteiger partial charge in [-0.3, -0.25) is 0 Å². The van der Waals surface area contributed by atoms with Crippen LogP contribution in [-0.2, 0) is 0 Å². The smallest absolute Gasteiger partial charge is 0.142 e. The van der Waals surface area contributed by atoms with Crippen LogP contribution in [0.25, 0.3) is 0 Å². The lowest BCUT2D eigenvalue weighted by atomic mass is 10.3. The van der Waals surface area contributed by atoms with E-state index in [4.69, 9.17) is 22.1 Å². The van der Waals surface area contributed by atoms with Gasteiger partial charge in [0.2, 0.25) is 0 Å². The van der Waals surface area contributed by atoms with Crippen LogP contribution in [0.15, 0.2) is 46.5 Å². The lowest BCUT2D eigenvalue weighted by Crippen LogP contribution is -1.94. The summed E-state index contributed by atoms with van der Waals surface area (Å²) in [6.07, 6.45) is 1.70. The number of aromatic nitrogens is 1. The fourth-order valence-corrected chi connectivity index (χ4v) is 2.42. The van der Waals surface area contributed by atoms with E-state index >= 15 is 0 Å². The number of anilines is 1. The molecule has 1 aromatic heterocycles. The van der Waals surface area contributed by atoms with Crippen molar-refractivity contribution in [1.82, 2.24) is 4.98 Å². The summed E-state index contributed by atoms with van der Waals surface area (Å²) in [6, 6.07) is 9.20. The second kappa shape index (κ2) is 5.29. The van der Waals surface area contributed by atoms with Gasteiger partial charge in [0.25, 0.3) is 0 Å². The molecule has 0 aliphatic rings. The van der Waals surface area contributed by atoms with Gasteiger partial charge in [-0.05, 0) is 24.3 Å². The van der Waals surface area contributed by atoms with Gasteiger partial charge in [0.1, 0.15) is 10.8 Å². The summed E-state index contributed by atoms with van der Waals surface area (Å²) >= 11 is 7.47. The highest BCUT2D eigenvalue weighted by Crippen LogP contribution is 2.38. The maximum absolute atomic E-state index is 6.04. The van der Waals surface area contributed by atoms with E-state index in [2.05, 4.69) is 4.98 Å². The average molecular weight is 267 g/mol. The molecule has 0 saturated carbocycles. The van der Waals surface area contributed by atoms with Crippen molar-refractivity contribution in [3.63, 3.8) is 0 Å². The van der Waals surface area contributed by atoms with E-state index in [0.717, 1.165) is 9.92 Å². The molecule has 0 aliphatic heterocycles. The molecule has 0 spiro atoms. The number of ether oxygens (including phenoxy) is 1. The molecule has 1 heterocycles. The number of hydrogen-bond donors (Lipinski definition) is 1. The fourth-order valence-electron chi connectivity index (χ4n) is 1.34. The minimum Gasteiger partial charge on any atom is -0.495 e. The Balaban J connectivity index is 2.34. The van der Waals surface area contributed by atoms with E-state index in [0.29, 0.717) is 16.5 Å². The van der Waals surface area contributed by atoms with E-state index in [1.165, 1.54) is 11.8 Å². The average Bonchev–Trinajstić information content (AvgIpc) is 2.34. The van der Waals surface area contributed by atoms with E-state index < -0.39 is 0 Å².